The average molecular weight is 512 g/mol. The number of carbonyl (C=O) groups excluding carboxylic acids is 2. The van der Waals surface area contributed by atoms with Crippen LogP contribution >= 0.6 is 11.6 Å². The van der Waals surface area contributed by atoms with Gasteiger partial charge >= 0.3 is 5.97 Å². The average Bonchev–Trinajstić information content (AvgIpc) is 3.04. The minimum atomic E-state index is -0.745. The van der Waals surface area contributed by atoms with Crippen molar-refractivity contribution in [2.24, 2.45) is 5.92 Å². The molecule has 0 unspecified atom stereocenters. The van der Waals surface area contributed by atoms with Crippen LogP contribution in [0.3, 0.4) is 0 Å². The number of carbonyl (C=O) groups is 2. The van der Waals surface area contributed by atoms with E-state index in [4.69, 9.17) is 30.2 Å². The van der Waals surface area contributed by atoms with E-state index in [9.17, 15) is 14.4 Å². The first-order valence-electron chi connectivity index (χ1n) is 11.7. The Morgan fingerprint density at radius 3 is 2.69 bits per heavy atom. The number of methoxy groups -OCH3 is 1. The molecule has 0 radical (unpaired) electrons. The van der Waals surface area contributed by atoms with Gasteiger partial charge in [-0.05, 0) is 56.5 Å². The van der Waals surface area contributed by atoms with Crippen LogP contribution in [0.25, 0.3) is 22.3 Å². The molecule has 1 aliphatic heterocycles. The maximum Gasteiger partial charge on any atom is 0.308 e. The summed E-state index contributed by atoms with van der Waals surface area (Å²) in [4.78, 5) is 36.9. The smallest absolute Gasteiger partial charge is 0.308 e. The molecule has 2 aromatic carbocycles. The molecule has 0 saturated heterocycles. The number of para-hydroxylation sites is 1. The van der Waals surface area contributed by atoms with E-state index in [0.29, 0.717) is 46.9 Å². The van der Waals surface area contributed by atoms with Gasteiger partial charge in [-0.2, -0.15) is 0 Å². The number of halogens is 1. The first-order valence-corrected chi connectivity index (χ1v) is 12.1. The summed E-state index contributed by atoms with van der Waals surface area (Å²) in [5, 5.41) is 3.60. The van der Waals surface area contributed by atoms with Crippen LogP contribution in [0.15, 0.2) is 45.6 Å². The number of hydrogen-bond donors (Lipinski definition) is 1. The predicted octanol–water partition coefficient (Wildman–Crippen LogP) is 4.69. The Balaban J connectivity index is 1.42. The summed E-state index contributed by atoms with van der Waals surface area (Å²) in [5.41, 5.74) is 1.23. The third-order valence-electron chi connectivity index (χ3n) is 6.90. The molecule has 1 N–H and O–H groups in total. The Hall–Kier alpha value is -3.36. The van der Waals surface area contributed by atoms with Gasteiger partial charge < -0.3 is 23.9 Å². The molecule has 5 rings (SSSR count). The fraction of sp³-hybridized carbons (Fsp3) is 0.370. The molecular formula is C27H26ClNO7. The molecule has 2 aliphatic rings. The topological polar surface area (TPSA) is 104 Å². The highest BCUT2D eigenvalue weighted by Crippen LogP contribution is 2.44. The van der Waals surface area contributed by atoms with Gasteiger partial charge in [0.2, 0.25) is 5.91 Å². The lowest BCUT2D eigenvalue weighted by Crippen LogP contribution is -2.37. The van der Waals surface area contributed by atoms with E-state index < -0.39 is 5.41 Å². The normalized spacial score (nSPS) is 19.9. The van der Waals surface area contributed by atoms with E-state index in [2.05, 4.69) is 5.32 Å². The molecule has 0 atom stereocenters. The summed E-state index contributed by atoms with van der Waals surface area (Å²) >= 11 is 6.30. The summed E-state index contributed by atoms with van der Waals surface area (Å²) in [6.45, 7) is 4.21. The largest absolute Gasteiger partial charge is 0.490 e. The van der Waals surface area contributed by atoms with Crippen LogP contribution in [0.1, 0.15) is 32.3 Å². The second-order valence-corrected chi connectivity index (χ2v) is 10.0. The lowest BCUT2D eigenvalue weighted by molar-refractivity contribution is -0.155. The van der Waals surface area contributed by atoms with Gasteiger partial charge in [-0.3, -0.25) is 14.4 Å². The number of benzene rings is 2. The van der Waals surface area contributed by atoms with Gasteiger partial charge in [0.05, 0.1) is 47.1 Å². The van der Waals surface area contributed by atoms with E-state index in [1.807, 2.05) is 13.8 Å². The van der Waals surface area contributed by atoms with E-state index in [1.165, 1.54) is 13.2 Å². The Labute approximate surface area is 212 Å². The summed E-state index contributed by atoms with van der Waals surface area (Å²) in [6, 6.07) is 9.96. The van der Waals surface area contributed by atoms with Crippen molar-refractivity contribution in [3.05, 3.63) is 57.2 Å². The number of anilines is 1. The molecule has 9 heteroatoms. The fourth-order valence-corrected chi connectivity index (χ4v) is 4.83. The van der Waals surface area contributed by atoms with E-state index in [-0.39, 0.29) is 47.3 Å². The van der Waals surface area contributed by atoms with Crippen LogP contribution in [-0.2, 0) is 24.5 Å². The van der Waals surface area contributed by atoms with Crippen molar-refractivity contribution >= 4 is 40.1 Å². The Morgan fingerprint density at radius 2 is 1.94 bits per heavy atom. The van der Waals surface area contributed by atoms with Gasteiger partial charge in [0.25, 0.3) is 0 Å². The number of nitrogens with one attached hydrogen (secondary N) is 1. The van der Waals surface area contributed by atoms with Gasteiger partial charge in [0.15, 0.2) is 11.0 Å². The molecule has 0 spiro atoms. The Bertz CT molecular complexity index is 1420. The lowest BCUT2D eigenvalue weighted by atomic mass is 9.82. The van der Waals surface area contributed by atoms with E-state index >= 15 is 0 Å². The molecule has 1 saturated carbocycles. The quantitative estimate of drug-likeness (QED) is 0.362. The molecule has 3 aromatic rings. The molecule has 1 aliphatic carbocycles. The maximum atomic E-state index is 12.8. The van der Waals surface area contributed by atoms with Crippen molar-refractivity contribution in [3.8, 4) is 17.1 Å². The predicted molar refractivity (Wildman–Crippen MR) is 135 cm³/mol. The van der Waals surface area contributed by atoms with Gasteiger partial charge in [0.1, 0.15) is 18.1 Å². The molecule has 8 nitrogen and oxygen atoms in total. The number of ether oxygens (including phenoxy) is 3. The fourth-order valence-electron chi connectivity index (χ4n) is 4.62. The minimum Gasteiger partial charge on any atom is -0.490 e. The van der Waals surface area contributed by atoms with Crippen molar-refractivity contribution in [1.82, 2.24) is 0 Å². The molecule has 36 heavy (non-hydrogen) atoms. The van der Waals surface area contributed by atoms with Crippen molar-refractivity contribution in [3.63, 3.8) is 0 Å². The van der Waals surface area contributed by atoms with Crippen LogP contribution in [0.5, 0.6) is 5.75 Å². The van der Waals surface area contributed by atoms with Crippen LogP contribution in [-0.4, -0.2) is 38.3 Å². The van der Waals surface area contributed by atoms with Gasteiger partial charge in [-0.1, -0.05) is 17.7 Å². The summed E-state index contributed by atoms with van der Waals surface area (Å²) in [6.07, 6.45) is 1.24. The number of fused-ring (bicyclic) bond motifs is 2. The number of amides is 1. The van der Waals surface area contributed by atoms with Crippen molar-refractivity contribution < 1.29 is 28.2 Å². The summed E-state index contributed by atoms with van der Waals surface area (Å²) in [7, 11) is 1.38. The van der Waals surface area contributed by atoms with Gasteiger partial charge in [-0.25, -0.2) is 0 Å². The monoisotopic (exact) mass is 511 g/mol. The zero-order chi connectivity index (χ0) is 25.6. The molecule has 1 aromatic heterocycles. The molecule has 0 bridgehead atoms. The van der Waals surface area contributed by atoms with Gasteiger partial charge in [-0.15, -0.1) is 0 Å². The van der Waals surface area contributed by atoms with Crippen molar-refractivity contribution in [2.75, 3.05) is 25.6 Å². The SMILES string of the molecule is COC(=O)C1CC(OCCOc2cc3c(cc2-c2cc(=O)c4cccc(Cl)c4o2)NC(=O)C3(C)C)C1. The molecule has 188 valence electrons. The van der Waals surface area contributed by atoms with Crippen LogP contribution in [0.4, 0.5) is 5.69 Å². The lowest BCUT2D eigenvalue weighted by Gasteiger charge is -2.32. The molecule has 2 heterocycles. The summed E-state index contributed by atoms with van der Waals surface area (Å²) < 4.78 is 22.7. The second-order valence-electron chi connectivity index (χ2n) is 9.60. The number of rotatable bonds is 7. The van der Waals surface area contributed by atoms with Crippen LogP contribution < -0.4 is 15.5 Å². The second kappa shape index (κ2) is 9.26. The molecular weight excluding hydrogens is 486 g/mol. The first-order chi connectivity index (χ1) is 17.2. The van der Waals surface area contributed by atoms with Crippen molar-refractivity contribution in [2.45, 2.75) is 38.2 Å². The highest BCUT2D eigenvalue weighted by atomic mass is 35.5. The zero-order valence-electron chi connectivity index (χ0n) is 20.2. The highest BCUT2D eigenvalue weighted by Gasteiger charge is 2.40. The molecule has 1 amide bonds. The summed E-state index contributed by atoms with van der Waals surface area (Å²) in [5.74, 6) is 0.281. The standard InChI is InChI=1S/C27H26ClNO7/c1-27(2)18-12-22(35-8-7-34-15-9-14(10-15)25(31)33-3)17(11-20(18)29-26(27)32)23-13-21(30)16-5-4-6-19(28)24(16)36-23/h4-6,11-15H,7-10H2,1-3H3,(H,29,32). The Morgan fingerprint density at radius 1 is 1.17 bits per heavy atom. The number of esters is 1. The van der Waals surface area contributed by atoms with Gasteiger partial charge in [0, 0.05) is 11.8 Å². The zero-order valence-corrected chi connectivity index (χ0v) is 20.9. The van der Waals surface area contributed by atoms with E-state index in [1.54, 1.807) is 30.3 Å². The van der Waals surface area contributed by atoms with Crippen LogP contribution in [0, 0.1) is 5.92 Å². The third kappa shape index (κ3) is 4.24. The first kappa shape index (κ1) is 24.3. The minimum absolute atomic E-state index is 0.0152. The highest BCUT2D eigenvalue weighted by molar-refractivity contribution is 6.34. The maximum absolute atomic E-state index is 12.8. The number of hydrogen-bond acceptors (Lipinski definition) is 7. The van der Waals surface area contributed by atoms with E-state index in [0.717, 1.165) is 5.56 Å². The third-order valence-corrected chi connectivity index (χ3v) is 7.20. The van der Waals surface area contributed by atoms with Crippen molar-refractivity contribution in [1.29, 1.82) is 0 Å². The Kier molecular flexibility index (Phi) is 6.26. The molecule has 1 fully saturated rings. The van der Waals surface area contributed by atoms with Crippen LogP contribution in [0.2, 0.25) is 5.02 Å².